The fourth-order valence-corrected chi connectivity index (χ4v) is 2.41. The molecule has 0 amide bonds. The van der Waals surface area contributed by atoms with Gasteiger partial charge in [-0.15, -0.1) is 6.58 Å². The van der Waals surface area contributed by atoms with Crippen molar-refractivity contribution in [1.29, 1.82) is 0 Å². The summed E-state index contributed by atoms with van der Waals surface area (Å²) in [6.07, 6.45) is 3.13. The van der Waals surface area contributed by atoms with E-state index < -0.39 is 11.8 Å². The van der Waals surface area contributed by atoms with E-state index >= 15 is 0 Å². The van der Waals surface area contributed by atoms with Crippen LogP contribution in [0.5, 0.6) is 5.75 Å². The molecule has 120 valence electrons. The zero-order valence-electron chi connectivity index (χ0n) is 12.5. The molecule has 0 fully saturated rings. The Labute approximate surface area is 136 Å². The quantitative estimate of drug-likeness (QED) is 0.551. The highest BCUT2D eigenvalue weighted by atomic mass is 16.4. The highest BCUT2D eigenvalue weighted by molar-refractivity contribution is 6.16. The van der Waals surface area contributed by atoms with Gasteiger partial charge in [-0.3, -0.25) is 4.79 Å². The lowest BCUT2D eigenvalue weighted by molar-refractivity contribution is 0.0686. The van der Waals surface area contributed by atoms with Crippen molar-refractivity contribution in [2.24, 2.45) is 0 Å². The van der Waals surface area contributed by atoms with E-state index in [0.29, 0.717) is 17.7 Å². The molecule has 0 unspecified atom stereocenters. The largest absolute Gasteiger partial charge is 0.507 e. The fourth-order valence-electron chi connectivity index (χ4n) is 2.41. The van der Waals surface area contributed by atoms with E-state index in [2.05, 4.69) is 16.5 Å². The average Bonchev–Trinajstić information content (AvgIpc) is 2.96. The molecule has 2 N–H and O–H groups in total. The van der Waals surface area contributed by atoms with Crippen LogP contribution in [0.15, 0.2) is 49.3 Å². The number of phenolic OH excluding ortho intramolecular Hbond substituents is 1. The van der Waals surface area contributed by atoms with Crippen molar-refractivity contribution in [1.82, 2.24) is 14.5 Å². The van der Waals surface area contributed by atoms with Crippen LogP contribution in [0.2, 0.25) is 0 Å². The van der Waals surface area contributed by atoms with Gasteiger partial charge in [-0.2, -0.15) is 0 Å². The Kier molecular flexibility index (Phi) is 3.83. The van der Waals surface area contributed by atoms with Gasteiger partial charge >= 0.3 is 5.97 Å². The molecule has 0 aliphatic carbocycles. The molecule has 3 aromatic rings. The number of hydrogen-bond donors (Lipinski definition) is 2. The van der Waals surface area contributed by atoms with Crippen molar-refractivity contribution in [3.63, 3.8) is 0 Å². The predicted molar refractivity (Wildman–Crippen MR) is 86.2 cm³/mol. The number of aromatic nitrogens is 3. The average molecular weight is 323 g/mol. The van der Waals surface area contributed by atoms with Gasteiger partial charge in [0, 0.05) is 6.54 Å². The summed E-state index contributed by atoms with van der Waals surface area (Å²) < 4.78 is 1.63. The number of hydrogen-bond acceptors (Lipinski definition) is 5. The van der Waals surface area contributed by atoms with Crippen molar-refractivity contribution >= 4 is 22.9 Å². The Morgan fingerprint density at radius 1 is 1.25 bits per heavy atom. The van der Waals surface area contributed by atoms with Gasteiger partial charge in [0.25, 0.3) is 0 Å². The van der Waals surface area contributed by atoms with Gasteiger partial charge in [-0.1, -0.05) is 18.2 Å². The van der Waals surface area contributed by atoms with E-state index in [1.165, 1.54) is 24.5 Å². The molecule has 7 nitrogen and oxygen atoms in total. The highest BCUT2D eigenvalue weighted by Gasteiger charge is 2.23. The van der Waals surface area contributed by atoms with Crippen molar-refractivity contribution in [3.8, 4) is 5.75 Å². The summed E-state index contributed by atoms with van der Waals surface area (Å²) in [6.45, 7) is 4.03. The number of ketones is 1. The molecule has 0 saturated heterocycles. The Morgan fingerprint density at radius 2 is 2.00 bits per heavy atom. The Balaban J connectivity index is 2.22. The first kappa shape index (κ1) is 15.4. The molecule has 1 aromatic carbocycles. The Hall–Kier alpha value is -3.48. The Morgan fingerprint density at radius 3 is 2.67 bits per heavy atom. The van der Waals surface area contributed by atoms with Gasteiger partial charge in [-0.25, -0.2) is 14.8 Å². The number of nitrogens with zero attached hydrogens (tertiary/aromatic N) is 3. The zero-order valence-corrected chi connectivity index (χ0v) is 12.5. The van der Waals surface area contributed by atoms with Gasteiger partial charge in [0.05, 0.1) is 17.5 Å². The summed E-state index contributed by atoms with van der Waals surface area (Å²) in [7, 11) is 0. The van der Waals surface area contributed by atoms with Crippen molar-refractivity contribution in [2.45, 2.75) is 6.54 Å². The molecule has 3 rings (SSSR count). The fraction of sp³-hybridized carbons (Fsp3) is 0.0588. The van der Waals surface area contributed by atoms with Gasteiger partial charge in [0.2, 0.25) is 0 Å². The van der Waals surface area contributed by atoms with E-state index in [9.17, 15) is 19.8 Å². The van der Waals surface area contributed by atoms with Crippen LogP contribution in [0.3, 0.4) is 0 Å². The second-order valence-electron chi connectivity index (χ2n) is 5.06. The molecule has 0 aliphatic rings. The summed E-state index contributed by atoms with van der Waals surface area (Å²) in [4.78, 5) is 32.4. The second-order valence-corrected chi connectivity index (χ2v) is 5.06. The number of allylic oxidation sites excluding steroid dienone is 1. The molecule has 0 radical (unpaired) electrons. The monoisotopic (exact) mass is 323 g/mol. The maximum Gasteiger partial charge on any atom is 0.355 e. The number of para-hydroxylation sites is 1. The number of pyridine rings is 1. The molecule has 0 bridgehead atoms. The zero-order chi connectivity index (χ0) is 17.3. The molecule has 0 spiro atoms. The molecular weight excluding hydrogens is 310 g/mol. The molecule has 2 heterocycles. The number of aromatic hydroxyl groups is 1. The molecule has 24 heavy (non-hydrogen) atoms. The van der Waals surface area contributed by atoms with Gasteiger partial charge < -0.3 is 14.8 Å². The van der Waals surface area contributed by atoms with Crippen LogP contribution in [-0.4, -0.2) is 36.5 Å². The Bertz CT molecular complexity index is 975. The first-order valence-electron chi connectivity index (χ1n) is 7.05. The molecule has 7 heteroatoms. The van der Waals surface area contributed by atoms with Crippen molar-refractivity contribution in [3.05, 3.63) is 66.1 Å². The van der Waals surface area contributed by atoms with Crippen molar-refractivity contribution < 1.29 is 19.8 Å². The summed E-state index contributed by atoms with van der Waals surface area (Å²) in [6, 6.07) is 7.31. The SMILES string of the molecule is C=CCn1cnc2cc(C(=O)c3ccccc3O)c(C(=O)O)nc21. The minimum Gasteiger partial charge on any atom is -0.507 e. The number of aromatic carboxylic acids is 1. The number of benzene rings is 1. The number of fused-ring (bicyclic) bond motifs is 1. The lowest BCUT2D eigenvalue weighted by Gasteiger charge is -2.07. The molecular formula is C17H13N3O4. The van der Waals surface area contributed by atoms with E-state index in [4.69, 9.17) is 0 Å². The third kappa shape index (κ3) is 2.52. The topological polar surface area (TPSA) is 105 Å². The maximum atomic E-state index is 12.7. The minimum absolute atomic E-state index is 0.00618. The predicted octanol–water partition coefficient (Wildman–Crippen LogP) is 2.25. The van der Waals surface area contributed by atoms with E-state index in [-0.39, 0.29) is 22.6 Å². The summed E-state index contributed by atoms with van der Waals surface area (Å²) in [5, 5.41) is 19.3. The van der Waals surface area contributed by atoms with Gasteiger partial charge in [-0.05, 0) is 18.2 Å². The van der Waals surface area contributed by atoms with Crippen molar-refractivity contribution in [2.75, 3.05) is 0 Å². The van der Waals surface area contributed by atoms with E-state index in [1.807, 2.05) is 0 Å². The normalized spacial score (nSPS) is 10.7. The summed E-state index contributed by atoms with van der Waals surface area (Å²) in [5.74, 6) is -2.18. The van der Waals surface area contributed by atoms with Crippen LogP contribution in [0.25, 0.3) is 11.2 Å². The van der Waals surface area contributed by atoms with E-state index in [0.717, 1.165) is 0 Å². The number of carboxylic acid groups (broad SMARTS) is 1. The number of carboxylic acids is 1. The standard InChI is InChI=1S/C17H13N3O4/c1-2-7-20-9-18-12-8-11(14(17(23)24)19-16(12)20)15(22)10-5-3-4-6-13(10)21/h2-6,8-9,21H,1,7H2,(H,23,24). The molecule has 0 aliphatic heterocycles. The molecule has 2 aromatic heterocycles. The number of phenols is 1. The van der Waals surface area contributed by atoms with Crippen LogP contribution >= 0.6 is 0 Å². The van der Waals surface area contributed by atoms with Crippen LogP contribution in [0.1, 0.15) is 26.4 Å². The molecule has 0 saturated carbocycles. The molecule has 0 atom stereocenters. The maximum absolute atomic E-state index is 12.7. The first-order chi connectivity index (χ1) is 11.5. The summed E-state index contributed by atoms with van der Waals surface area (Å²) in [5.41, 5.74) is 0.232. The third-order valence-corrected chi connectivity index (χ3v) is 3.51. The second kappa shape index (κ2) is 5.96. The third-order valence-electron chi connectivity index (χ3n) is 3.51. The summed E-state index contributed by atoms with van der Waals surface area (Å²) >= 11 is 0. The van der Waals surface area contributed by atoms with Crippen LogP contribution in [-0.2, 0) is 6.54 Å². The number of rotatable bonds is 5. The number of carbonyl (C=O) groups is 2. The highest BCUT2D eigenvalue weighted by Crippen LogP contribution is 2.24. The minimum atomic E-state index is -1.33. The van der Waals surface area contributed by atoms with Crippen LogP contribution in [0, 0.1) is 0 Å². The van der Waals surface area contributed by atoms with Gasteiger partial charge in [0.1, 0.15) is 11.3 Å². The van der Waals surface area contributed by atoms with Crippen LogP contribution in [0.4, 0.5) is 0 Å². The number of carbonyl (C=O) groups excluding carboxylic acids is 1. The smallest absolute Gasteiger partial charge is 0.355 e. The van der Waals surface area contributed by atoms with E-state index in [1.54, 1.807) is 22.8 Å². The van der Waals surface area contributed by atoms with Gasteiger partial charge in [0.15, 0.2) is 17.1 Å². The number of imidazole rings is 1. The van der Waals surface area contributed by atoms with Crippen LogP contribution < -0.4 is 0 Å². The first-order valence-corrected chi connectivity index (χ1v) is 7.05. The lowest BCUT2D eigenvalue weighted by Crippen LogP contribution is -2.13. The lowest BCUT2D eigenvalue weighted by atomic mass is 10.0.